The predicted molar refractivity (Wildman–Crippen MR) is 125 cm³/mol. The zero-order valence-electron chi connectivity index (χ0n) is 18.7. The van der Waals surface area contributed by atoms with Crippen LogP contribution in [0, 0.1) is 10.1 Å². The first-order chi connectivity index (χ1) is 16.3. The second-order valence-corrected chi connectivity index (χ2v) is 8.59. The third kappa shape index (κ3) is 4.54. The number of benzene rings is 2. The van der Waals surface area contributed by atoms with Gasteiger partial charge in [0.1, 0.15) is 6.61 Å². The van der Waals surface area contributed by atoms with Crippen LogP contribution in [0.2, 0.25) is 5.02 Å². The van der Waals surface area contributed by atoms with Crippen LogP contribution in [-0.4, -0.2) is 23.8 Å². The average Bonchev–Trinajstić information content (AvgIpc) is 2.82. The highest BCUT2D eigenvalue weighted by atomic mass is 35.5. The molecule has 2 aromatic carbocycles. The summed E-state index contributed by atoms with van der Waals surface area (Å²) in [6, 6.07) is 11.5. The number of nitrogens with one attached hydrogen (secondary N) is 1. The highest BCUT2D eigenvalue weighted by Crippen LogP contribution is 2.44. The van der Waals surface area contributed by atoms with Crippen molar-refractivity contribution in [3.63, 3.8) is 0 Å². The number of nitro groups is 1. The zero-order chi connectivity index (χ0) is 24.4. The van der Waals surface area contributed by atoms with Gasteiger partial charge in [0.05, 0.1) is 17.6 Å². The van der Waals surface area contributed by atoms with Crippen LogP contribution in [0.15, 0.2) is 65.0 Å². The highest BCUT2D eigenvalue weighted by molar-refractivity contribution is 6.30. The number of nitrogens with zero attached hydrogens (tertiary/aromatic N) is 1. The Bertz CT molecular complexity index is 1230. The maximum Gasteiger partial charge on any atom is 0.336 e. The standard InChI is InChI=1S/C25H23ClN2O6/c1-14-22(25(30)33-2)23(24-18(27-14)4-3-5-20(24)29)16-8-11-21(19(12-16)28(31)32)34-13-15-6-9-17(26)10-7-15/h6-12,23,27H,3-5,13H2,1-2H3. The number of allylic oxidation sites excluding steroid dienone is 3. The smallest absolute Gasteiger partial charge is 0.336 e. The molecule has 1 heterocycles. The molecule has 0 aromatic heterocycles. The number of rotatable bonds is 6. The summed E-state index contributed by atoms with van der Waals surface area (Å²) in [5.74, 6) is -1.35. The quantitative estimate of drug-likeness (QED) is 0.352. The average molecular weight is 483 g/mol. The van der Waals surface area contributed by atoms with Gasteiger partial charge in [-0.25, -0.2) is 4.79 Å². The molecule has 34 heavy (non-hydrogen) atoms. The van der Waals surface area contributed by atoms with Gasteiger partial charge in [0, 0.05) is 40.4 Å². The van der Waals surface area contributed by atoms with Crippen molar-refractivity contribution in [2.75, 3.05) is 7.11 Å². The lowest BCUT2D eigenvalue weighted by Crippen LogP contribution is -2.34. The fourth-order valence-electron chi connectivity index (χ4n) is 4.42. The Balaban J connectivity index is 1.75. The second-order valence-electron chi connectivity index (χ2n) is 8.16. The molecule has 1 aliphatic carbocycles. The summed E-state index contributed by atoms with van der Waals surface area (Å²) in [5, 5.41) is 15.7. The third-order valence-corrected chi connectivity index (χ3v) is 6.25. The summed E-state index contributed by atoms with van der Waals surface area (Å²) in [6.07, 6.45) is 1.72. The summed E-state index contributed by atoms with van der Waals surface area (Å²) < 4.78 is 10.7. The molecule has 0 saturated heterocycles. The molecule has 1 N–H and O–H groups in total. The van der Waals surface area contributed by atoms with Crippen LogP contribution in [0.5, 0.6) is 5.75 Å². The molecule has 2 aromatic rings. The van der Waals surface area contributed by atoms with Gasteiger partial charge in [0.15, 0.2) is 11.5 Å². The number of ketones is 1. The topological polar surface area (TPSA) is 108 Å². The minimum absolute atomic E-state index is 0.0848. The van der Waals surface area contributed by atoms with Crippen LogP contribution in [0.1, 0.15) is 43.2 Å². The Morgan fingerprint density at radius 1 is 1.21 bits per heavy atom. The molecule has 0 radical (unpaired) electrons. The van der Waals surface area contributed by atoms with E-state index >= 15 is 0 Å². The third-order valence-electron chi connectivity index (χ3n) is 6.00. The molecule has 1 atom stereocenters. The van der Waals surface area contributed by atoms with E-state index in [4.69, 9.17) is 21.1 Å². The van der Waals surface area contributed by atoms with Gasteiger partial charge in [-0.05, 0) is 49.1 Å². The van der Waals surface area contributed by atoms with E-state index in [1.807, 2.05) is 0 Å². The van der Waals surface area contributed by atoms with Gasteiger partial charge >= 0.3 is 11.7 Å². The number of hydrogen-bond acceptors (Lipinski definition) is 7. The van der Waals surface area contributed by atoms with Gasteiger partial charge in [-0.3, -0.25) is 14.9 Å². The Kier molecular flexibility index (Phi) is 6.70. The van der Waals surface area contributed by atoms with Crippen LogP contribution >= 0.6 is 11.6 Å². The lowest BCUT2D eigenvalue weighted by atomic mass is 9.75. The summed E-state index contributed by atoms with van der Waals surface area (Å²) in [5.41, 5.74) is 3.04. The van der Waals surface area contributed by atoms with Crippen molar-refractivity contribution in [2.45, 2.75) is 38.7 Å². The number of dihydropyridines is 1. The van der Waals surface area contributed by atoms with Gasteiger partial charge in [0.25, 0.3) is 0 Å². The SMILES string of the molecule is COC(=O)C1=C(C)NC2=C(C(=O)CCC2)C1c1ccc(OCc2ccc(Cl)cc2)c([N+](=O)[O-])c1. The molecular weight excluding hydrogens is 460 g/mol. The number of halogens is 1. The molecule has 0 fully saturated rings. The minimum atomic E-state index is -0.763. The van der Waals surface area contributed by atoms with Crippen molar-refractivity contribution in [1.82, 2.24) is 5.32 Å². The number of methoxy groups -OCH3 is 1. The van der Waals surface area contributed by atoms with Gasteiger partial charge in [-0.1, -0.05) is 29.8 Å². The fourth-order valence-corrected chi connectivity index (χ4v) is 4.54. The van der Waals surface area contributed by atoms with Crippen molar-refractivity contribution < 1.29 is 24.0 Å². The Morgan fingerprint density at radius 2 is 1.94 bits per heavy atom. The van der Waals surface area contributed by atoms with E-state index < -0.39 is 16.8 Å². The van der Waals surface area contributed by atoms with Gasteiger partial charge < -0.3 is 14.8 Å². The maximum atomic E-state index is 12.9. The molecule has 9 heteroatoms. The monoisotopic (exact) mass is 482 g/mol. The number of Topliss-reactive ketones (excluding diaryl/α,β-unsaturated/α-hetero) is 1. The molecule has 2 aliphatic rings. The lowest BCUT2D eigenvalue weighted by Gasteiger charge is -2.34. The van der Waals surface area contributed by atoms with Crippen LogP contribution in [0.4, 0.5) is 5.69 Å². The molecule has 1 aliphatic heterocycles. The summed E-state index contributed by atoms with van der Waals surface area (Å²) in [6.45, 7) is 1.85. The number of esters is 1. The number of nitro benzene ring substituents is 1. The van der Waals surface area contributed by atoms with Crippen molar-refractivity contribution in [1.29, 1.82) is 0 Å². The molecule has 1 unspecified atom stereocenters. The number of hydrogen-bond donors (Lipinski definition) is 1. The Hall–Kier alpha value is -3.65. The van der Waals surface area contributed by atoms with Gasteiger partial charge in [-0.2, -0.15) is 0 Å². The van der Waals surface area contributed by atoms with Gasteiger partial charge in [0.2, 0.25) is 0 Å². The molecule has 0 saturated carbocycles. The van der Waals surface area contributed by atoms with Crippen LogP contribution in [0.25, 0.3) is 0 Å². The molecule has 0 bridgehead atoms. The summed E-state index contributed by atoms with van der Waals surface area (Å²) >= 11 is 5.90. The maximum absolute atomic E-state index is 12.9. The first-order valence-corrected chi connectivity index (χ1v) is 11.2. The molecule has 0 spiro atoms. The summed E-state index contributed by atoms with van der Waals surface area (Å²) in [4.78, 5) is 37.0. The van der Waals surface area contributed by atoms with E-state index in [-0.39, 0.29) is 29.4 Å². The van der Waals surface area contributed by atoms with Crippen molar-refractivity contribution >= 4 is 29.0 Å². The second kappa shape index (κ2) is 9.69. The van der Waals surface area contributed by atoms with E-state index in [0.29, 0.717) is 41.1 Å². The van der Waals surface area contributed by atoms with E-state index in [9.17, 15) is 19.7 Å². The van der Waals surface area contributed by atoms with Crippen molar-refractivity contribution in [2.24, 2.45) is 0 Å². The number of ether oxygens (including phenoxy) is 2. The highest BCUT2D eigenvalue weighted by Gasteiger charge is 2.39. The molecule has 0 amide bonds. The summed E-state index contributed by atoms with van der Waals surface area (Å²) in [7, 11) is 1.27. The zero-order valence-corrected chi connectivity index (χ0v) is 19.5. The van der Waals surface area contributed by atoms with Crippen LogP contribution in [0.3, 0.4) is 0 Å². The van der Waals surface area contributed by atoms with E-state index in [1.165, 1.54) is 19.2 Å². The largest absolute Gasteiger partial charge is 0.482 e. The normalized spacial score (nSPS) is 17.7. The first-order valence-electron chi connectivity index (χ1n) is 10.8. The van der Waals surface area contributed by atoms with Gasteiger partial charge in [-0.15, -0.1) is 0 Å². The van der Waals surface area contributed by atoms with Crippen LogP contribution < -0.4 is 10.1 Å². The minimum Gasteiger partial charge on any atom is -0.482 e. The van der Waals surface area contributed by atoms with Crippen molar-refractivity contribution in [3.05, 3.63) is 91.3 Å². The Labute approximate surface area is 201 Å². The lowest BCUT2D eigenvalue weighted by molar-refractivity contribution is -0.386. The molecule has 176 valence electrons. The molecule has 4 rings (SSSR count). The fraction of sp³-hybridized carbons (Fsp3) is 0.280. The van der Waals surface area contributed by atoms with E-state index in [0.717, 1.165) is 11.3 Å². The first kappa shape index (κ1) is 23.5. The predicted octanol–water partition coefficient (Wildman–Crippen LogP) is 4.97. The van der Waals surface area contributed by atoms with E-state index in [1.54, 1.807) is 37.3 Å². The van der Waals surface area contributed by atoms with E-state index in [2.05, 4.69) is 5.32 Å². The van der Waals surface area contributed by atoms with Crippen molar-refractivity contribution in [3.8, 4) is 5.75 Å². The molecule has 8 nitrogen and oxygen atoms in total. The number of carbonyl (C=O) groups excluding carboxylic acids is 2. The Morgan fingerprint density at radius 3 is 2.62 bits per heavy atom. The molecular formula is C25H23ClN2O6. The van der Waals surface area contributed by atoms with Crippen LogP contribution in [-0.2, 0) is 20.9 Å². The number of carbonyl (C=O) groups is 2.